The Kier molecular flexibility index (Phi) is 6.81. The van der Waals surface area contributed by atoms with Gasteiger partial charge in [0.05, 0.1) is 24.6 Å². The van der Waals surface area contributed by atoms with E-state index >= 15 is 0 Å². The van der Waals surface area contributed by atoms with Gasteiger partial charge in [0, 0.05) is 5.92 Å². The summed E-state index contributed by atoms with van der Waals surface area (Å²) in [6.07, 6.45) is 4.94. The lowest BCUT2D eigenvalue weighted by Crippen LogP contribution is -2.45. The number of carbonyl (C=O) groups is 3. The van der Waals surface area contributed by atoms with Gasteiger partial charge in [-0.3, -0.25) is 19.4 Å². The normalized spacial score (nSPS) is 25.3. The molecule has 0 unspecified atom stereocenters. The van der Waals surface area contributed by atoms with E-state index in [1.807, 2.05) is 48.5 Å². The molecule has 1 saturated heterocycles. The molecular formula is C33H30N6O4. The summed E-state index contributed by atoms with van der Waals surface area (Å²) in [5, 5.41) is 16.1. The number of para-hydroxylation sites is 2. The lowest BCUT2D eigenvalue weighted by Gasteiger charge is -2.30. The van der Waals surface area contributed by atoms with Crippen molar-refractivity contribution in [1.29, 1.82) is 0 Å². The number of imide groups is 1. The number of carbonyl (C=O) groups excluding carboxylic acids is 3. The molecule has 3 aliphatic heterocycles. The summed E-state index contributed by atoms with van der Waals surface area (Å²) in [5.74, 6) is -0.872. The maximum absolute atomic E-state index is 14.0. The fourth-order valence-corrected chi connectivity index (χ4v) is 6.56. The van der Waals surface area contributed by atoms with Gasteiger partial charge in [0.15, 0.2) is 12.1 Å². The SMILES string of the molecule is COc1ccccc1N1C(=O)[C@@H]2N=NN(CC(=O)N3N=C4/C(=C/c5ccccc5)CCC[C@@H]4[C@H]3c3ccccc3)[C@H]2C1=O. The van der Waals surface area contributed by atoms with Crippen LogP contribution in [0.4, 0.5) is 5.69 Å². The van der Waals surface area contributed by atoms with Crippen LogP contribution >= 0.6 is 0 Å². The molecule has 216 valence electrons. The van der Waals surface area contributed by atoms with Gasteiger partial charge in [-0.15, -0.1) is 0 Å². The van der Waals surface area contributed by atoms with Crippen molar-refractivity contribution in [3.05, 3.63) is 102 Å². The standard InChI is InChI=1S/C33H30N6O4/c1-43-26-18-9-8-17-25(26)38-32(41)29-31(33(38)42)37(36-34-29)20-27(40)39-30(22-13-6-3-7-14-22)24-16-10-15-23(28(24)35-39)19-21-11-4-2-5-12-21/h2-9,11-14,17-19,24,29-31H,10,15-16,20H2,1H3/b23-19+/t24-,29+,30+,31+/m0/s1. The highest BCUT2D eigenvalue weighted by molar-refractivity contribution is 6.26. The number of anilines is 1. The molecule has 0 bridgehead atoms. The van der Waals surface area contributed by atoms with E-state index in [0.717, 1.165) is 46.6 Å². The van der Waals surface area contributed by atoms with Gasteiger partial charge in [-0.2, -0.15) is 10.2 Å². The molecule has 1 saturated carbocycles. The molecule has 4 atom stereocenters. The third kappa shape index (κ3) is 4.59. The lowest BCUT2D eigenvalue weighted by atomic mass is 9.77. The molecule has 0 spiro atoms. The summed E-state index contributed by atoms with van der Waals surface area (Å²) in [6.45, 7) is -0.242. The minimum absolute atomic E-state index is 0.0405. The van der Waals surface area contributed by atoms with Gasteiger partial charge in [0.25, 0.3) is 17.7 Å². The molecule has 7 rings (SSSR count). The quantitative estimate of drug-likeness (QED) is 0.393. The van der Waals surface area contributed by atoms with Gasteiger partial charge in [-0.1, -0.05) is 78.0 Å². The molecule has 10 nitrogen and oxygen atoms in total. The van der Waals surface area contributed by atoms with E-state index in [4.69, 9.17) is 9.84 Å². The van der Waals surface area contributed by atoms with E-state index in [2.05, 4.69) is 28.5 Å². The van der Waals surface area contributed by atoms with Crippen molar-refractivity contribution in [2.45, 2.75) is 37.4 Å². The van der Waals surface area contributed by atoms with Crippen molar-refractivity contribution in [3.63, 3.8) is 0 Å². The van der Waals surface area contributed by atoms with Crippen LogP contribution in [0.15, 0.2) is 106 Å². The maximum Gasteiger partial charge on any atom is 0.264 e. The van der Waals surface area contributed by atoms with Gasteiger partial charge in [0.1, 0.15) is 12.3 Å². The number of hydrazone groups is 1. The number of hydrogen-bond acceptors (Lipinski definition) is 8. The fraction of sp³-hybridized carbons (Fsp3) is 0.273. The Balaban J connectivity index is 1.18. The van der Waals surface area contributed by atoms with Crippen LogP contribution in [0, 0.1) is 5.92 Å². The van der Waals surface area contributed by atoms with E-state index in [9.17, 15) is 14.4 Å². The Hall–Kier alpha value is -5.12. The van der Waals surface area contributed by atoms with Gasteiger partial charge in [0.2, 0.25) is 0 Å². The number of ether oxygens (including phenoxy) is 1. The van der Waals surface area contributed by atoms with Gasteiger partial charge >= 0.3 is 0 Å². The van der Waals surface area contributed by atoms with E-state index in [1.165, 1.54) is 12.1 Å². The Morgan fingerprint density at radius 3 is 2.42 bits per heavy atom. The van der Waals surface area contributed by atoms with Crippen molar-refractivity contribution in [3.8, 4) is 5.75 Å². The van der Waals surface area contributed by atoms with Gasteiger partial charge in [-0.05, 0) is 54.2 Å². The third-order valence-corrected chi connectivity index (χ3v) is 8.52. The van der Waals surface area contributed by atoms with Crippen LogP contribution in [0.2, 0.25) is 0 Å². The Bertz CT molecular complexity index is 1670. The molecule has 0 N–H and O–H groups in total. The summed E-state index contributed by atoms with van der Waals surface area (Å²) >= 11 is 0. The summed E-state index contributed by atoms with van der Waals surface area (Å²) in [5.41, 5.74) is 4.48. The second kappa shape index (κ2) is 10.9. The van der Waals surface area contributed by atoms with Crippen LogP contribution in [0.25, 0.3) is 6.08 Å². The molecule has 10 heteroatoms. The number of benzene rings is 3. The molecule has 43 heavy (non-hydrogen) atoms. The Morgan fingerprint density at radius 2 is 1.65 bits per heavy atom. The molecule has 0 aromatic heterocycles. The zero-order valence-electron chi connectivity index (χ0n) is 23.6. The molecule has 3 amide bonds. The van der Waals surface area contributed by atoms with E-state index in [0.29, 0.717) is 11.4 Å². The minimum Gasteiger partial charge on any atom is -0.495 e. The zero-order chi connectivity index (χ0) is 29.5. The second-order valence-corrected chi connectivity index (χ2v) is 11.0. The van der Waals surface area contributed by atoms with Crippen LogP contribution in [0.3, 0.4) is 0 Å². The lowest BCUT2D eigenvalue weighted by molar-refractivity contribution is -0.136. The van der Waals surface area contributed by atoms with Crippen molar-refractivity contribution < 1.29 is 19.1 Å². The molecule has 0 radical (unpaired) electrons. The first kappa shape index (κ1) is 26.8. The van der Waals surface area contributed by atoms with E-state index < -0.39 is 23.9 Å². The van der Waals surface area contributed by atoms with E-state index in [-0.39, 0.29) is 24.4 Å². The minimum atomic E-state index is -1.02. The molecule has 1 aliphatic carbocycles. The van der Waals surface area contributed by atoms with Gasteiger partial charge < -0.3 is 4.74 Å². The topological polar surface area (TPSA) is 107 Å². The van der Waals surface area contributed by atoms with Crippen molar-refractivity contribution in [2.24, 2.45) is 21.4 Å². The highest BCUT2D eigenvalue weighted by Crippen LogP contribution is 2.45. The molecule has 4 aliphatic rings. The van der Waals surface area contributed by atoms with E-state index in [1.54, 1.807) is 29.3 Å². The monoisotopic (exact) mass is 574 g/mol. The summed E-state index contributed by atoms with van der Waals surface area (Å²) in [7, 11) is 1.48. The number of fused-ring (bicyclic) bond motifs is 2. The largest absolute Gasteiger partial charge is 0.495 e. The summed E-state index contributed by atoms with van der Waals surface area (Å²) in [4.78, 5) is 42.0. The Morgan fingerprint density at radius 1 is 0.930 bits per heavy atom. The summed E-state index contributed by atoms with van der Waals surface area (Å²) < 4.78 is 5.39. The molecule has 2 fully saturated rings. The first-order valence-electron chi connectivity index (χ1n) is 14.4. The first-order chi connectivity index (χ1) is 21.0. The molecular weight excluding hydrogens is 544 g/mol. The van der Waals surface area contributed by atoms with Crippen molar-refractivity contribution in [1.82, 2.24) is 10.0 Å². The molecule has 3 aromatic carbocycles. The zero-order valence-corrected chi connectivity index (χ0v) is 23.6. The fourth-order valence-electron chi connectivity index (χ4n) is 6.56. The summed E-state index contributed by atoms with van der Waals surface area (Å²) in [6, 6.07) is 24.6. The number of nitrogens with zero attached hydrogens (tertiary/aromatic N) is 6. The number of amides is 3. The van der Waals surface area contributed by atoms with Crippen molar-refractivity contribution in [2.75, 3.05) is 18.6 Å². The average Bonchev–Trinajstić information content (AvgIpc) is 3.71. The third-order valence-electron chi connectivity index (χ3n) is 8.52. The number of rotatable bonds is 6. The smallest absolute Gasteiger partial charge is 0.264 e. The van der Waals surface area contributed by atoms with Crippen LogP contribution in [-0.4, -0.2) is 59.2 Å². The van der Waals surface area contributed by atoms with Crippen molar-refractivity contribution >= 4 is 35.2 Å². The number of allylic oxidation sites excluding steroid dienone is 1. The first-order valence-corrected chi connectivity index (χ1v) is 14.4. The molecule has 3 aromatic rings. The highest BCUT2D eigenvalue weighted by atomic mass is 16.5. The average molecular weight is 575 g/mol. The molecule has 3 heterocycles. The van der Waals surface area contributed by atoms with Crippen LogP contribution in [-0.2, 0) is 14.4 Å². The number of hydrogen-bond donors (Lipinski definition) is 0. The maximum atomic E-state index is 14.0. The van der Waals surface area contributed by atoms with Gasteiger partial charge in [-0.25, -0.2) is 9.91 Å². The van der Waals surface area contributed by atoms with Crippen LogP contribution in [0.5, 0.6) is 5.75 Å². The second-order valence-electron chi connectivity index (χ2n) is 11.0. The predicted octanol–water partition coefficient (Wildman–Crippen LogP) is 4.81. The van der Waals surface area contributed by atoms with Crippen LogP contribution in [0.1, 0.15) is 36.4 Å². The Labute approximate surface area is 248 Å². The number of methoxy groups -OCH3 is 1. The highest BCUT2D eigenvalue weighted by Gasteiger charge is 2.56. The predicted molar refractivity (Wildman–Crippen MR) is 160 cm³/mol. The van der Waals surface area contributed by atoms with Crippen LogP contribution < -0.4 is 9.64 Å².